The van der Waals surface area contributed by atoms with Gasteiger partial charge in [-0.2, -0.15) is 4.31 Å². The summed E-state index contributed by atoms with van der Waals surface area (Å²) in [5, 5.41) is 2.04. The Morgan fingerprint density at radius 1 is 1.04 bits per heavy atom. The van der Waals surface area contributed by atoms with Gasteiger partial charge in [-0.1, -0.05) is 17.7 Å². The summed E-state index contributed by atoms with van der Waals surface area (Å²) in [5.74, 6) is -5.57. The molecule has 5 nitrogen and oxygen atoms in total. The van der Waals surface area contributed by atoms with Crippen molar-refractivity contribution >= 4 is 21.6 Å². The van der Waals surface area contributed by atoms with Crippen LogP contribution in [0.15, 0.2) is 29.2 Å². The van der Waals surface area contributed by atoms with Crippen LogP contribution in [0.3, 0.4) is 0 Å². The molecular formula is C18H19F3N2O3S. The third-order valence-corrected chi connectivity index (χ3v) is 6.06. The molecule has 0 fully saturated rings. The summed E-state index contributed by atoms with van der Waals surface area (Å²) in [6.45, 7) is 4.51. The lowest BCUT2D eigenvalue weighted by molar-refractivity contribution is -0.116. The molecule has 0 unspecified atom stereocenters. The van der Waals surface area contributed by atoms with E-state index < -0.39 is 45.6 Å². The second kappa shape index (κ2) is 7.69. The Morgan fingerprint density at radius 2 is 1.59 bits per heavy atom. The van der Waals surface area contributed by atoms with E-state index in [1.165, 1.54) is 7.05 Å². The van der Waals surface area contributed by atoms with Crippen LogP contribution in [0.25, 0.3) is 0 Å². The van der Waals surface area contributed by atoms with Crippen molar-refractivity contribution < 1.29 is 26.4 Å². The molecule has 0 heterocycles. The van der Waals surface area contributed by atoms with Crippen molar-refractivity contribution in [3.05, 3.63) is 58.4 Å². The standard InChI is InChI=1S/C18H19F3N2O3S/c1-10-7-11(2)18(12(3)8-10)27(25,26)23(4)9-15(24)22-14-6-5-13(19)16(20)17(14)21/h5-8H,9H2,1-4H3,(H,22,24). The summed E-state index contributed by atoms with van der Waals surface area (Å²) in [7, 11) is -2.78. The number of carbonyl (C=O) groups excluding carboxylic acids is 1. The number of aryl methyl sites for hydroxylation is 3. The maximum atomic E-state index is 13.6. The molecular weight excluding hydrogens is 381 g/mol. The fourth-order valence-corrected chi connectivity index (χ4v) is 4.36. The number of nitrogens with one attached hydrogen (secondary N) is 1. The lowest BCUT2D eigenvalue weighted by Gasteiger charge is -2.20. The van der Waals surface area contributed by atoms with E-state index in [1.54, 1.807) is 26.0 Å². The lowest BCUT2D eigenvalue weighted by atomic mass is 10.1. The second-order valence-corrected chi connectivity index (χ2v) is 8.24. The first-order valence-corrected chi connectivity index (χ1v) is 9.36. The molecule has 1 N–H and O–H groups in total. The number of rotatable bonds is 5. The molecule has 2 aromatic rings. The van der Waals surface area contributed by atoms with E-state index >= 15 is 0 Å². The molecule has 0 aromatic heterocycles. The van der Waals surface area contributed by atoms with Gasteiger partial charge in [0.05, 0.1) is 17.1 Å². The number of hydrogen-bond donors (Lipinski definition) is 1. The minimum Gasteiger partial charge on any atom is -0.322 e. The van der Waals surface area contributed by atoms with Gasteiger partial charge in [0.25, 0.3) is 0 Å². The Balaban J connectivity index is 2.23. The lowest BCUT2D eigenvalue weighted by Crippen LogP contribution is -2.35. The topological polar surface area (TPSA) is 66.5 Å². The second-order valence-electron chi connectivity index (χ2n) is 6.26. The Kier molecular flexibility index (Phi) is 5.96. The summed E-state index contributed by atoms with van der Waals surface area (Å²) < 4.78 is 66.2. The first-order chi connectivity index (χ1) is 12.4. The van der Waals surface area contributed by atoms with Gasteiger partial charge in [0, 0.05) is 7.05 Å². The number of benzene rings is 2. The quantitative estimate of drug-likeness (QED) is 0.784. The molecule has 0 aliphatic rings. The average Bonchev–Trinajstić information content (AvgIpc) is 2.54. The van der Waals surface area contributed by atoms with Crippen LogP contribution in [0.1, 0.15) is 16.7 Å². The number of carbonyl (C=O) groups is 1. The molecule has 2 rings (SSSR count). The molecule has 0 aliphatic carbocycles. The van der Waals surface area contributed by atoms with Gasteiger partial charge in [0.15, 0.2) is 17.5 Å². The van der Waals surface area contributed by atoms with Gasteiger partial charge >= 0.3 is 0 Å². The molecule has 1 amide bonds. The van der Waals surface area contributed by atoms with Crippen molar-refractivity contribution in [3.63, 3.8) is 0 Å². The van der Waals surface area contributed by atoms with Crippen LogP contribution < -0.4 is 5.32 Å². The fraction of sp³-hybridized carbons (Fsp3) is 0.278. The van der Waals surface area contributed by atoms with E-state index in [4.69, 9.17) is 0 Å². The molecule has 0 saturated heterocycles. The predicted molar refractivity (Wildman–Crippen MR) is 95.4 cm³/mol. The maximum absolute atomic E-state index is 13.6. The number of anilines is 1. The van der Waals surface area contributed by atoms with Gasteiger partial charge in [-0.3, -0.25) is 4.79 Å². The molecule has 146 valence electrons. The number of likely N-dealkylation sites (N-methyl/N-ethyl adjacent to an activating group) is 1. The highest BCUT2D eigenvalue weighted by molar-refractivity contribution is 7.89. The van der Waals surface area contributed by atoms with Gasteiger partial charge in [0.1, 0.15) is 0 Å². The van der Waals surface area contributed by atoms with E-state index in [0.29, 0.717) is 17.2 Å². The number of halogens is 3. The number of amides is 1. The van der Waals surface area contributed by atoms with Crippen molar-refractivity contribution in [1.82, 2.24) is 4.31 Å². The van der Waals surface area contributed by atoms with E-state index in [0.717, 1.165) is 15.9 Å². The van der Waals surface area contributed by atoms with Crippen molar-refractivity contribution in [1.29, 1.82) is 0 Å². The monoisotopic (exact) mass is 400 g/mol. The highest BCUT2D eigenvalue weighted by atomic mass is 32.2. The van der Waals surface area contributed by atoms with Gasteiger partial charge in [0.2, 0.25) is 15.9 Å². The number of sulfonamides is 1. The first-order valence-electron chi connectivity index (χ1n) is 7.92. The van der Waals surface area contributed by atoms with Gasteiger partial charge < -0.3 is 5.32 Å². The Labute approximate surface area is 155 Å². The first kappa shape index (κ1) is 20.9. The molecule has 0 spiro atoms. The molecule has 27 heavy (non-hydrogen) atoms. The fourth-order valence-electron chi connectivity index (χ4n) is 2.83. The number of nitrogens with zero attached hydrogens (tertiary/aromatic N) is 1. The zero-order chi connectivity index (χ0) is 20.5. The van der Waals surface area contributed by atoms with Crippen LogP contribution in [0.4, 0.5) is 18.9 Å². The minimum atomic E-state index is -3.98. The van der Waals surface area contributed by atoms with Crippen LogP contribution in [0, 0.1) is 38.2 Å². The largest absolute Gasteiger partial charge is 0.322 e. The predicted octanol–water partition coefficient (Wildman–Crippen LogP) is 3.29. The smallest absolute Gasteiger partial charge is 0.243 e. The normalized spacial score (nSPS) is 11.7. The van der Waals surface area contributed by atoms with Crippen LogP contribution in [-0.4, -0.2) is 32.2 Å². The third kappa shape index (κ3) is 4.30. The van der Waals surface area contributed by atoms with Crippen molar-refractivity contribution in [3.8, 4) is 0 Å². The summed E-state index contributed by atoms with van der Waals surface area (Å²) in [6.07, 6.45) is 0. The molecule has 0 atom stereocenters. The summed E-state index contributed by atoms with van der Waals surface area (Å²) in [5.41, 5.74) is 1.39. The summed E-state index contributed by atoms with van der Waals surface area (Å²) in [6, 6.07) is 4.94. The molecule has 0 aliphatic heterocycles. The highest BCUT2D eigenvalue weighted by Gasteiger charge is 2.27. The molecule has 0 radical (unpaired) electrons. The summed E-state index contributed by atoms with van der Waals surface area (Å²) >= 11 is 0. The van der Waals surface area contributed by atoms with Crippen molar-refractivity contribution in [2.45, 2.75) is 25.7 Å². The number of hydrogen-bond acceptors (Lipinski definition) is 3. The highest BCUT2D eigenvalue weighted by Crippen LogP contribution is 2.25. The van der Waals surface area contributed by atoms with E-state index in [-0.39, 0.29) is 4.90 Å². The van der Waals surface area contributed by atoms with Gasteiger partial charge in [-0.25, -0.2) is 21.6 Å². The van der Waals surface area contributed by atoms with E-state index in [2.05, 4.69) is 0 Å². The third-order valence-electron chi connectivity index (χ3n) is 3.95. The molecule has 2 aromatic carbocycles. The van der Waals surface area contributed by atoms with Crippen LogP contribution in [-0.2, 0) is 14.8 Å². The Hall–Kier alpha value is -2.39. The van der Waals surface area contributed by atoms with E-state index in [1.807, 2.05) is 12.2 Å². The average molecular weight is 400 g/mol. The van der Waals surface area contributed by atoms with Crippen LogP contribution in [0.2, 0.25) is 0 Å². The zero-order valence-electron chi connectivity index (χ0n) is 15.2. The maximum Gasteiger partial charge on any atom is 0.243 e. The minimum absolute atomic E-state index is 0.0856. The van der Waals surface area contributed by atoms with Gasteiger partial charge in [-0.05, 0) is 44.0 Å². The molecule has 0 bridgehead atoms. The SMILES string of the molecule is Cc1cc(C)c(S(=O)(=O)N(C)CC(=O)Nc2ccc(F)c(F)c2F)c(C)c1. The Morgan fingerprint density at radius 3 is 2.15 bits per heavy atom. The summed E-state index contributed by atoms with van der Waals surface area (Å²) in [4.78, 5) is 12.2. The molecule has 9 heteroatoms. The van der Waals surface area contributed by atoms with Crippen LogP contribution in [0.5, 0.6) is 0 Å². The van der Waals surface area contributed by atoms with E-state index in [9.17, 15) is 26.4 Å². The van der Waals surface area contributed by atoms with Crippen molar-refractivity contribution in [2.75, 3.05) is 18.9 Å². The zero-order valence-corrected chi connectivity index (χ0v) is 16.0. The Bertz CT molecular complexity index is 984. The van der Waals surface area contributed by atoms with Crippen molar-refractivity contribution in [2.24, 2.45) is 0 Å². The molecule has 0 saturated carbocycles. The van der Waals surface area contributed by atoms with Crippen LogP contribution >= 0.6 is 0 Å². The van der Waals surface area contributed by atoms with Gasteiger partial charge in [-0.15, -0.1) is 0 Å².